The third-order valence-electron chi connectivity index (χ3n) is 1.00. The SMILES string of the molecule is CC(C)[C@H](N)C(=O)O.[O-2].[O-2].[O-2].[O-2].[O-2].[V+5].[V+5]. The second-order valence-corrected chi connectivity index (χ2v) is 2.11. The van der Waals surface area contributed by atoms with Crippen molar-refractivity contribution in [3.8, 4) is 0 Å². The van der Waals surface area contributed by atoms with Gasteiger partial charge in [-0.1, -0.05) is 13.8 Å². The van der Waals surface area contributed by atoms with Crippen molar-refractivity contribution in [2.45, 2.75) is 19.9 Å². The zero-order valence-electron chi connectivity index (χ0n) is 8.02. The summed E-state index contributed by atoms with van der Waals surface area (Å²) in [5.74, 6) is -0.910. The molecule has 0 aliphatic heterocycles. The number of hydrogen-bond donors (Lipinski definition) is 2. The van der Waals surface area contributed by atoms with Crippen LogP contribution in [0.3, 0.4) is 0 Å². The van der Waals surface area contributed by atoms with Crippen LogP contribution in [0.25, 0.3) is 0 Å². The van der Waals surface area contributed by atoms with E-state index in [2.05, 4.69) is 0 Å². The number of hydrogen-bond acceptors (Lipinski definition) is 2. The van der Waals surface area contributed by atoms with Crippen molar-refractivity contribution >= 4 is 5.97 Å². The smallest absolute Gasteiger partial charge is 2.00 e. The summed E-state index contributed by atoms with van der Waals surface area (Å²) in [4.78, 5) is 10.0. The van der Waals surface area contributed by atoms with Crippen LogP contribution in [0.2, 0.25) is 0 Å². The Kier molecular flexibility index (Phi) is 114. The maximum absolute atomic E-state index is 10.0. The third kappa shape index (κ3) is 31.4. The van der Waals surface area contributed by atoms with E-state index in [4.69, 9.17) is 10.8 Å². The van der Waals surface area contributed by atoms with Gasteiger partial charge in [0.25, 0.3) is 0 Å². The van der Waals surface area contributed by atoms with Gasteiger partial charge in [0.1, 0.15) is 6.04 Å². The molecule has 8 nitrogen and oxygen atoms in total. The molecule has 0 fully saturated rings. The summed E-state index contributed by atoms with van der Waals surface area (Å²) in [6.07, 6.45) is 0. The first-order chi connectivity index (χ1) is 3.55. The molecule has 1 atom stereocenters. The normalized spacial score (nSPS) is 7.47. The van der Waals surface area contributed by atoms with Crippen LogP contribution in [0.5, 0.6) is 0 Å². The van der Waals surface area contributed by atoms with Gasteiger partial charge in [-0.25, -0.2) is 0 Å². The summed E-state index contributed by atoms with van der Waals surface area (Å²) in [5.41, 5.74) is 5.16. The maximum atomic E-state index is 10.0. The molecule has 0 spiro atoms. The Bertz CT molecular complexity index is 105. The fourth-order valence-corrected chi connectivity index (χ4v) is 0.285. The zero-order chi connectivity index (χ0) is 6.73. The Balaban J connectivity index is -0.0000000117. The molecule has 0 bridgehead atoms. The quantitative estimate of drug-likeness (QED) is 0.688. The van der Waals surface area contributed by atoms with Crippen LogP contribution in [0.4, 0.5) is 0 Å². The molecular formula is C5H11NO7V2. The molecule has 10 heteroatoms. The fraction of sp³-hybridized carbons (Fsp3) is 0.800. The van der Waals surface area contributed by atoms with Crippen LogP contribution in [0.15, 0.2) is 0 Å². The Hall–Kier alpha value is 0.399. The van der Waals surface area contributed by atoms with Gasteiger partial charge in [-0.15, -0.1) is 0 Å². The third-order valence-corrected chi connectivity index (χ3v) is 1.00. The number of carboxylic acids is 1. The van der Waals surface area contributed by atoms with E-state index in [9.17, 15) is 4.79 Å². The first-order valence-corrected chi connectivity index (χ1v) is 2.54. The van der Waals surface area contributed by atoms with Crippen molar-refractivity contribution in [3.63, 3.8) is 0 Å². The van der Waals surface area contributed by atoms with Gasteiger partial charge in [-0.2, -0.15) is 0 Å². The molecule has 0 saturated carbocycles. The van der Waals surface area contributed by atoms with Crippen molar-refractivity contribution < 1.29 is 74.4 Å². The maximum Gasteiger partial charge on any atom is 5.00 e. The monoisotopic (exact) mass is 299 g/mol. The minimum Gasteiger partial charge on any atom is -2.00 e. The summed E-state index contributed by atoms with van der Waals surface area (Å²) in [6, 6.07) is -0.713. The minimum atomic E-state index is -0.931. The molecule has 0 aliphatic carbocycles. The number of rotatable bonds is 2. The van der Waals surface area contributed by atoms with Crippen LogP contribution in [-0.4, -0.2) is 17.1 Å². The van der Waals surface area contributed by atoms with Crippen LogP contribution >= 0.6 is 0 Å². The molecule has 3 N–H and O–H groups in total. The molecule has 0 aromatic rings. The van der Waals surface area contributed by atoms with E-state index in [0.717, 1.165) is 0 Å². The molecule has 0 aromatic heterocycles. The first kappa shape index (κ1) is 58.3. The van der Waals surface area contributed by atoms with Crippen molar-refractivity contribution in [2.24, 2.45) is 11.7 Å². The largest absolute Gasteiger partial charge is 5.00 e. The van der Waals surface area contributed by atoms with Gasteiger partial charge in [-0.05, 0) is 5.92 Å². The second-order valence-electron chi connectivity index (χ2n) is 2.11. The average molecular weight is 299 g/mol. The van der Waals surface area contributed by atoms with Gasteiger partial charge >= 0.3 is 43.1 Å². The van der Waals surface area contributed by atoms with Crippen molar-refractivity contribution in [2.75, 3.05) is 0 Å². The van der Waals surface area contributed by atoms with Gasteiger partial charge in [0.05, 0.1) is 0 Å². The van der Waals surface area contributed by atoms with Crippen LogP contribution < -0.4 is 5.73 Å². The molecule has 0 rings (SSSR count). The van der Waals surface area contributed by atoms with E-state index >= 15 is 0 Å². The molecule has 15 heavy (non-hydrogen) atoms. The van der Waals surface area contributed by atoms with Crippen LogP contribution in [-0.2, 0) is 69.3 Å². The first-order valence-electron chi connectivity index (χ1n) is 2.54. The molecule has 0 heterocycles. The summed E-state index contributed by atoms with van der Waals surface area (Å²) in [6.45, 7) is 3.55. The predicted molar refractivity (Wildman–Crippen MR) is 33.9 cm³/mol. The number of carboxylic acid groups (broad SMARTS) is 1. The van der Waals surface area contributed by atoms with E-state index in [0.29, 0.717) is 0 Å². The molecule has 0 unspecified atom stereocenters. The zero-order valence-corrected chi connectivity index (χ0v) is 10.8. The number of carbonyl (C=O) groups is 1. The van der Waals surface area contributed by atoms with Gasteiger partial charge in [0, 0.05) is 0 Å². The summed E-state index contributed by atoms with van der Waals surface area (Å²) in [5, 5.41) is 8.23. The van der Waals surface area contributed by atoms with Gasteiger partial charge < -0.3 is 38.2 Å². The predicted octanol–water partition coefficient (Wildman–Crippen LogP) is -0.545. The molecule has 0 saturated heterocycles. The Morgan fingerprint density at radius 3 is 1.20 bits per heavy atom. The molecular weight excluding hydrogens is 288 g/mol. The van der Waals surface area contributed by atoms with E-state index < -0.39 is 12.0 Å². The summed E-state index contributed by atoms with van der Waals surface area (Å²) >= 11 is 0. The van der Waals surface area contributed by atoms with Gasteiger partial charge in [0.15, 0.2) is 0 Å². The van der Waals surface area contributed by atoms with E-state index in [-0.39, 0.29) is 70.4 Å². The molecule has 0 amide bonds. The topological polar surface area (TPSA) is 206 Å². The average Bonchev–Trinajstić information content (AvgIpc) is 1.64. The van der Waals surface area contributed by atoms with E-state index in [1.165, 1.54) is 0 Å². The van der Waals surface area contributed by atoms with E-state index in [1.54, 1.807) is 13.8 Å². The number of aliphatic carboxylic acids is 1. The van der Waals surface area contributed by atoms with Crippen molar-refractivity contribution in [3.05, 3.63) is 0 Å². The molecule has 0 aromatic carbocycles. The Labute approximate surface area is 112 Å². The van der Waals surface area contributed by atoms with Crippen molar-refractivity contribution in [1.82, 2.24) is 0 Å². The fourth-order valence-electron chi connectivity index (χ4n) is 0.285. The minimum absolute atomic E-state index is 0. The van der Waals surface area contributed by atoms with E-state index in [1.807, 2.05) is 0 Å². The second kappa shape index (κ2) is 29.3. The van der Waals surface area contributed by atoms with Crippen molar-refractivity contribution in [1.29, 1.82) is 0 Å². The Morgan fingerprint density at radius 1 is 1.00 bits per heavy atom. The summed E-state index contributed by atoms with van der Waals surface area (Å²) in [7, 11) is 0. The molecule has 0 radical (unpaired) electrons. The molecule has 0 aliphatic rings. The van der Waals surface area contributed by atoms with Gasteiger partial charge in [0.2, 0.25) is 0 Å². The molecule has 88 valence electrons. The van der Waals surface area contributed by atoms with Crippen LogP contribution in [0, 0.1) is 5.92 Å². The standard InChI is InChI=1S/C5H11NO2.5O.2V/c1-3(2)4(6)5(7)8;;;;;;;/h3-4H,6H2,1-2H3,(H,7,8);;;;;;;/q;5*-2;2*+5/t4-;;;;;;;/m0......./s1. The van der Waals surface area contributed by atoms with Crippen LogP contribution in [0.1, 0.15) is 13.8 Å². The Morgan fingerprint density at radius 2 is 1.20 bits per heavy atom. The summed E-state index contributed by atoms with van der Waals surface area (Å²) < 4.78 is 0. The number of nitrogens with two attached hydrogens (primary N) is 1. The van der Waals surface area contributed by atoms with Gasteiger partial charge in [-0.3, -0.25) is 4.79 Å².